The van der Waals surface area contributed by atoms with E-state index in [-0.39, 0.29) is 18.2 Å². The molecule has 0 radical (unpaired) electrons. The van der Waals surface area contributed by atoms with Crippen LogP contribution < -0.4 is 5.32 Å². The van der Waals surface area contributed by atoms with Gasteiger partial charge in [0.05, 0.1) is 6.54 Å². The summed E-state index contributed by atoms with van der Waals surface area (Å²) in [5, 5.41) is 2.59. The number of ketones is 1. The summed E-state index contributed by atoms with van der Waals surface area (Å²) >= 11 is 0. The van der Waals surface area contributed by atoms with Gasteiger partial charge < -0.3 is 9.88 Å². The van der Waals surface area contributed by atoms with Crippen molar-refractivity contribution in [2.45, 2.75) is 39.8 Å². The second-order valence-corrected chi connectivity index (χ2v) is 7.23. The van der Waals surface area contributed by atoms with Gasteiger partial charge >= 0.3 is 6.03 Å². The molecule has 1 saturated heterocycles. The van der Waals surface area contributed by atoms with Crippen LogP contribution in [0.15, 0.2) is 36.4 Å². The van der Waals surface area contributed by atoms with Crippen LogP contribution in [0.2, 0.25) is 0 Å². The van der Waals surface area contributed by atoms with E-state index in [1.165, 1.54) is 0 Å². The number of hydrogen-bond acceptors (Lipinski definition) is 3. The largest absolute Gasteiger partial charge is 0.344 e. The van der Waals surface area contributed by atoms with Crippen LogP contribution in [0.1, 0.15) is 41.2 Å². The van der Waals surface area contributed by atoms with E-state index in [0.29, 0.717) is 12.1 Å². The number of nitrogens with zero attached hydrogens (tertiary/aromatic N) is 2. The molecule has 6 nitrogen and oxygen atoms in total. The summed E-state index contributed by atoms with van der Waals surface area (Å²) in [6.07, 6.45) is 0. The molecular formula is C20H23N3O3. The number of Topliss-reactive ketones (excluding diaryl/α,β-unsaturated/α-hetero) is 1. The maximum absolute atomic E-state index is 12.8. The maximum atomic E-state index is 12.8. The van der Waals surface area contributed by atoms with Crippen LogP contribution in [0.25, 0.3) is 0 Å². The zero-order valence-corrected chi connectivity index (χ0v) is 15.5. The highest BCUT2D eigenvalue weighted by Crippen LogP contribution is 2.21. The van der Waals surface area contributed by atoms with Crippen LogP contribution in [-0.4, -0.2) is 39.3 Å². The fourth-order valence-corrected chi connectivity index (χ4v) is 3.28. The van der Waals surface area contributed by atoms with Crippen molar-refractivity contribution >= 4 is 17.7 Å². The molecule has 1 aliphatic heterocycles. The second kappa shape index (κ2) is 6.44. The quantitative estimate of drug-likeness (QED) is 0.663. The van der Waals surface area contributed by atoms with Crippen molar-refractivity contribution in [3.05, 3.63) is 58.9 Å². The van der Waals surface area contributed by atoms with E-state index in [1.807, 2.05) is 50.2 Å². The normalized spacial score (nSPS) is 16.1. The van der Waals surface area contributed by atoms with E-state index in [9.17, 15) is 14.4 Å². The first-order valence-corrected chi connectivity index (χ1v) is 8.58. The lowest BCUT2D eigenvalue weighted by molar-refractivity contribution is -0.129. The molecule has 0 unspecified atom stereocenters. The number of aryl methyl sites for hydroxylation is 1. The molecule has 136 valence electrons. The minimum absolute atomic E-state index is 0.237. The third-order valence-electron chi connectivity index (χ3n) is 4.80. The van der Waals surface area contributed by atoms with Crippen LogP contribution >= 0.6 is 0 Å². The van der Waals surface area contributed by atoms with Gasteiger partial charge in [0, 0.05) is 23.5 Å². The predicted molar refractivity (Wildman–Crippen MR) is 98.1 cm³/mol. The minimum Gasteiger partial charge on any atom is -0.344 e. The second-order valence-electron chi connectivity index (χ2n) is 7.23. The van der Waals surface area contributed by atoms with Crippen LogP contribution in [-0.2, 0) is 11.3 Å². The van der Waals surface area contributed by atoms with Crippen molar-refractivity contribution in [2.75, 3.05) is 6.54 Å². The van der Waals surface area contributed by atoms with E-state index >= 15 is 0 Å². The molecule has 1 fully saturated rings. The van der Waals surface area contributed by atoms with Crippen molar-refractivity contribution in [3.8, 4) is 0 Å². The van der Waals surface area contributed by atoms with Crippen LogP contribution in [0, 0.1) is 13.8 Å². The maximum Gasteiger partial charge on any atom is 0.325 e. The Kier molecular flexibility index (Phi) is 4.44. The number of imide groups is 1. The SMILES string of the molecule is Cc1cc(C(=O)CN2C(=O)NC(C)(C)C2=O)c(C)n1Cc1ccccc1. The molecule has 2 aromatic rings. The Morgan fingerprint density at radius 1 is 1.12 bits per heavy atom. The summed E-state index contributed by atoms with van der Waals surface area (Å²) in [6.45, 7) is 7.51. The summed E-state index contributed by atoms with van der Waals surface area (Å²) in [7, 11) is 0. The number of hydrogen-bond donors (Lipinski definition) is 1. The molecule has 3 amide bonds. The van der Waals surface area contributed by atoms with Crippen molar-refractivity contribution in [2.24, 2.45) is 0 Å². The fourth-order valence-electron chi connectivity index (χ4n) is 3.28. The molecule has 2 heterocycles. The lowest BCUT2D eigenvalue weighted by atomic mass is 10.1. The van der Waals surface area contributed by atoms with Crippen molar-refractivity contribution in [3.63, 3.8) is 0 Å². The summed E-state index contributed by atoms with van der Waals surface area (Å²) in [6, 6.07) is 11.3. The Bertz CT molecular complexity index is 881. The molecule has 0 aliphatic carbocycles. The first kappa shape index (κ1) is 17.9. The molecule has 0 atom stereocenters. The Morgan fingerprint density at radius 2 is 1.77 bits per heavy atom. The molecule has 1 N–H and O–H groups in total. The molecule has 1 aromatic heterocycles. The van der Waals surface area contributed by atoms with E-state index in [0.717, 1.165) is 21.9 Å². The zero-order chi connectivity index (χ0) is 19.1. The number of benzene rings is 1. The standard InChI is InChI=1S/C20H23N3O3/c1-13-10-16(14(2)22(13)11-15-8-6-5-7-9-15)17(24)12-23-18(25)20(3,4)21-19(23)26/h5-10H,11-12H2,1-4H3,(H,21,26). The number of carbonyl (C=O) groups excluding carboxylic acids is 3. The van der Waals surface area contributed by atoms with Gasteiger partial charge in [0.15, 0.2) is 5.78 Å². The smallest absolute Gasteiger partial charge is 0.325 e. The molecule has 1 aliphatic rings. The summed E-state index contributed by atoms with van der Waals surface area (Å²) in [5.74, 6) is -0.618. The van der Waals surface area contributed by atoms with Gasteiger partial charge in [-0.3, -0.25) is 14.5 Å². The van der Waals surface area contributed by atoms with Crippen molar-refractivity contribution in [1.82, 2.24) is 14.8 Å². The highest BCUT2D eigenvalue weighted by molar-refractivity contribution is 6.11. The Labute approximate surface area is 152 Å². The Balaban J connectivity index is 1.82. The van der Waals surface area contributed by atoms with Crippen molar-refractivity contribution in [1.29, 1.82) is 0 Å². The molecular weight excluding hydrogens is 330 g/mol. The minimum atomic E-state index is -0.971. The van der Waals surface area contributed by atoms with Gasteiger partial charge in [-0.15, -0.1) is 0 Å². The Hall–Kier alpha value is -2.89. The van der Waals surface area contributed by atoms with Gasteiger partial charge in [0.2, 0.25) is 0 Å². The average Bonchev–Trinajstić information content (AvgIpc) is 2.97. The van der Waals surface area contributed by atoms with Crippen LogP contribution in [0.3, 0.4) is 0 Å². The monoisotopic (exact) mass is 353 g/mol. The molecule has 3 rings (SSSR count). The molecule has 0 spiro atoms. The van der Waals surface area contributed by atoms with E-state index < -0.39 is 11.6 Å². The van der Waals surface area contributed by atoms with Gasteiger partial charge in [-0.2, -0.15) is 0 Å². The highest BCUT2D eigenvalue weighted by Gasteiger charge is 2.45. The number of urea groups is 1. The summed E-state index contributed by atoms with van der Waals surface area (Å²) in [4.78, 5) is 38.0. The van der Waals surface area contributed by atoms with Gasteiger partial charge in [-0.25, -0.2) is 4.79 Å². The van der Waals surface area contributed by atoms with Gasteiger partial charge in [0.25, 0.3) is 5.91 Å². The zero-order valence-electron chi connectivity index (χ0n) is 15.5. The molecule has 1 aromatic carbocycles. The van der Waals surface area contributed by atoms with Gasteiger partial charge in [0.1, 0.15) is 5.54 Å². The third kappa shape index (κ3) is 3.14. The number of amides is 3. The lowest BCUT2D eigenvalue weighted by Crippen LogP contribution is -2.41. The lowest BCUT2D eigenvalue weighted by Gasteiger charge is -2.15. The molecule has 0 saturated carbocycles. The average molecular weight is 353 g/mol. The molecule has 26 heavy (non-hydrogen) atoms. The fraction of sp³-hybridized carbons (Fsp3) is 0.350. The Morgan fingerprint density at radius 3 is 2.35 bits per heavy atom. The number of carbonyl (C=O) groups is 3. The van der Waals surface area contributed by atoms with E-state index in [4.69, 9.17) is 0 Å². The van der Waals surface area contributed by atoms with Gasteiger partial charge in [-0.05, 0) is 39.3 Å². The first-order valence-electron chi connectivity index (χ1n) is 8.58. The predicted octanol–water partition coefficient (Wildman–Crippen LogP) is 2.67. The van der Waals surface area contributed by atoms with Crippen molar-refractivity contribution < 1.29 is 14.4 Å². The summed E-state index contributed by atoms with van der Waals surface area (Å²) in [5.41, 5.74) is 2.52. The molecule has 6 heteroatoms. The first-order chi connectivity index (χ1) is 12.2. The van der Waals surface area contributed by atoms with Crippen LogP contribution in [0.5, 0.6) is 0 Å². The van der Waals surface area contributed by atoms with Gasteiger partial charge in [-0.1, -0.05) is 30.3 Å². The van der Waals surface area contributed by atoms with Crippen LogP contribution in [0.4, 0.5) is 4.79 Å². The summed E-state index contributed by atoms with van der Waals surface area (Å²) < 4.78 is 2.07. The van der Waals surface area contributed by atoms with E-state index in [1.54, 1.807) is 13.8 Å². The van der Waals surface area contributed by atoms with E-state index in [2.05, 4.69) is 9.88 Å². The topological polar surface area (TPSA) is 71.4 Å². The molecule has 0 bridgehead atoms. The highest BCUT2D eigenvalue weighted by atomic mass is 16.2. The third-order valence-corrected chi connectivity index (χ3v) is 4.80. The number of rotatable bonds is 5. The number of nitrogens with one attached hydrogen (secondary N) is 1. The number of aromatic nitrogens is 1.